The van der Waals surface area contributed by atoms with E-state index >= 15 is 0 Å². The van der Waals surface area contributed by atoms with Crippen LogP contribution >= 0.6 is 23.1 Å². The molecule has 0 bridgehead atoms. The molecule has 1 saturated carbocycles. The number of carbonyl (C=O) groups excluding carboxylic acids is 2. The summed E-state index contributed by atoms with van der Waals surface area (Å²) in [5.74, 6) is 0.937. The largest absolute Gasteiger partial charge is 0.465 e. The summed E-state index contributed by atoms with van der Waals surface area (Å²) in [5.41, 5.74) is 2.08. The summed E-state index contributed by atoms with van der Waals surface area (Å²) in [6, 6.07) is 9.66. The van der Waals surface area contributed by atoms with Crippen molar-refractivity contribution >= 4 is 40.0 Å². The van der Waals surface area contributed by atoms with Crippen LogP contribution in [0.3, 0.4) is 0 Å². The highest BCUT2D eigenvalue weighted by Crippen LogP contribution is 2.41. The molecule has 10 heteroatoms. The van der Waals surface area contributed by atoms with Gasteiger partial charge in [-0.15, -0.1) is 21.5 Å². The second kappa shape index (κ2) is 10.5. The number of hydrogen-bond acceptors (Lipinski definition) is 8. The van der Waals surface area contributed by atoms with E-state index in [4.69, 9.17) is 9.47 Å². The molecule has 1 atom stereocenters. The molecule has 3 heterocycles. The monoisotopic (exact) mass is 512 g/mol. The van der Waals surface area contributed by atoms with Gasteiger partial charge in [0.25, 0.3) is 0 Å². The second-order valence-electron chi connectivity index (χ2n) is 8.79. The number of nitrogens with one attached hydrogen (secondary N) is 1. The lowest BCUT2D eigenvalue weighted by molar-refractivity contribution is -0.113. The maximum atomic E-state index is 13.0. The quantitative estimate of drug-likeness (QED) is 0.322. The number of benzene rings is 1. The van der Waals surface area contributed by atoms with Gasteiger partial charge in [0.1, 0.15) is 16.4 Å². The molecule has 8 nitrogen and oxygen atoms in total. The smallest absolute Gasteiger partial charge is 0.341 e. The average Bonchev–Trinajstić information content (AvgIpc) is 3.27. The summed E-state index contributed by atoms with van der Waals surface area (Å²) >= 11 is 2.74. The minimum atomic E-state index is -0.471. The molecule has 3 aromatic rings. The van der Waals surface area contributed by atoms with E-state index in [2.05, 4.69) is 20.1 Å². The van der Waals surface area contributed by atoms with Crippen molar-refractivity contribution in [2.75, 3.05) is 24.8 Å². The van der Waals surface area contributed by atoms with Crippen LogP contribution in [0, 0.1) is 6.92 Å². The van der Waals surface area contributed by atoms with Gasteiger partial charge in [0, 0.05) is 23.0 Å². The van der Waals surface area contributed by atoms with E-state index in [0.717, 1.165) is 65.8 Å². The van der Waals surface area contributed by atoms with Gasteiger partial charge in [0.15, 0.2) is 5.16 Å². The van der Waals surface area contributed by atoms with Crippen molar-refractivity contribution in [2.45, 2.75) is 56.3 Å². The Morgan fingerprint density at radius 1 is 1.23 bits per heavy atom. The van der Waals surface area contributed by atoms with Gasteiger partial charge in [0.2, 0.25) is 5.91 Å². The zero-order valence-corrected chi connectivity index (χ0v) is 21.4. The predicted molar refractivity (Wildman–Crippen MR) is 136 cm³/mol. The Balaban J connectivity index is 1.32. The number of esters is 1. The van der Waals surface area contributed by atoms with Gasteiger partial charge < -0.3 is 19.4 Å². The average molecular weight is 513 g/mol. The van der Waals surface area contributed by atoms with Gasteiger partial charge in [-0.1, -0.05) is 42.1 Å². The molecule has 2 aliphatic rings. The second-order valence-corrected chi connectivity index (χ2v) is 11.0. The number of anilines is 1. The number of carbonyl (C=O) groups is 2. The maximum Gasteiger partial charge on any atom is 0.341 e. The standard InChI is InChI=1S/C25H28N4O4S2/c1-15-20(16-7-4-3-5-8-16)21(24(31)32-2)23(35-15)26-19(30)14-34-25-28-27-22(17-10-11-17)29(25)13-18-9-6-12-33-18/h3-5,7-8,17-18H,6,9-14H2,1-2H3,(H,26,30). The molecule has 1 N–H and O–H groups in total. The summed E-state index contributed by atoms with van der Waals surface area (Å²) in [4.78, 5) is 26.6. The Labute approximate surface area is 212 Å². The van der Waals surface area contributed by atoms with Crippen LogP contribution in [0.5, 0.6) is 0 Å². The number of amides is 1. The van der Waals surface area contributed by atoms with E-state index in [1.165, 1.54) is 30.2 Å². The maximum absolute atomic E-state index is 13.0. The highest BCUT2D eigenvalue weighted by Gasteiger charge is 2.32. The lowest BCUT2D eigenvalue weighted by Crippen LogP contribution is -2.19. The predicted octanol–water partition coefficient (Wildman–Crippen LogP) is 4.89. The van der Waals surface area contributed by atoms with Gasteiger partial charge in [-0.2, -0.15) is 0 Å². The highest BCUT2D eigenvalue weighted by atomic mass is 32.2. The minimum absolute atomic E-state index is 0.159. The van der Waals surface area contributed by atoms with Crippen LogP contribution < -0.4 is 5.32 Å². The molecular formula is C25H28N4O4S2. The summed E-state index contributed by atoms with van der Waals surface area (Å²) in [6.45, 7) is 3.46. The number of methoxy groups -OCH3 is 1. The van der Waals surface area contributed by atoms with Gasteiger partial charge in [-0.25, -0.2) is 4.79 Å². The van der Waals surface area contributed by atoms with Crippen molar-refractivity contribution in [3.63, 3.8) is 0 Å². The number of aromatic nitrogens is 3. The number of thioether (sulfide) groups is 1. The Bertz CT molecular complexity index is 1210. The van der Waals surface area contributed by atoms with Crippen molar-refractivity contribution in [1.82, 2.24) is 14.8 Å². The van der Waals surface area contributed by atoms with Crippen molar-refractivity contribution in [1.29, 1.82) is 0 Å². The summed E-state index contributed by atoms with van der Waals surface area (Å²) < 4.78 is 13.0. The van der Waals surface area contributed by atoms with Crippen LogP contribution in [-0.2, 0) is 20.8 Å². The van der Waals surface area contributed by atoms with Crippen LogP contribution in [0.15, 0.2) is 35.5 Å². The third kappa shape index (κ3) is 5.29. The molecule has 1 saturated heterocycles. The molecule has 0 radical (unpaired) electrons. The molecule has 1 aliphatic carbocycles. The first-order valence-corrected chi connectivity index (χ1v) is 13.6. The Morgan fingerprint density at radius 3 is 2.71 bits per heavy atom. The molecule has 2 aromatic heterocycles. The minimum Gasteiger partial charge on any atom is -0.465 e. The van der Waals surface area contributed by atoms with Crippen LogP contribution in [0.2, 0.25) is 0 Å². The SMILES string of the molecule is COC(=O)c1c(NC(=O)CSc2nnc(C3CC3)n2CC2CCCO2)sc(C)c1-c1ccccc1. The fourth-order valence-electron chi connectivity index (χ4n) is 4.39. The highest BCUT2D eigenvalue weighted by molar-refractivity contribution is 7.99. The molecular weight excluding hydrogens is 484 g/mol. The first-order valence-electron chi connectivity index (χ1n) is 11.8. The lowest BCUT2D eigenvalue weighted by Gasteiger charge is -2.14. The van der Waals surface area contributed by atoms with E-state index in [9.17, 15) is 9.59 Å². The van der Waals surface area contributed by atoms with Crippen molar-refractivity contribution in [3.8, 4) is 11.1 Å². The Kier molecular flexibility index (Phi) is 7.22. The van der Waals surface area contributed by atoms with E-state index in [1.54, 1.807) is 0 Å². The van der Waals surface area contributed by atoms with Crippen LogP contribution in [0.1, 0.15) is 52.7 Å². The summed E-state index contributed by atoms with van der Waals surface area (Å²) in [6.07, 6.45) is 4.54. The third-order valence-electron chi connectivity index (χ3n) is 6.22. The van der Waals surface area contributed by atoms with Gasteiger partial charge in [-0.05, 0) is 38.2 Å². The lowest BCUT2D eigenvalue weighted by atomic mass is 10.0. The molecule has 1 unspecified atom stereocenters. The van der Waals surface area contributed by atoms with E-state index in [-0.39, 0.29) is 17.8 Å². The third-order valence-corrected chi connectivity index (χ3v) is 8.21. The topological polar surface area (TPSA) is 95.3 Å². The zero-order valence-electron chi connectivity index (χ0n) is 19.8. The first kappa shape index (κ1) is 24.0. The van der Waals surface area contributed by atoms with Gasteiger partial charge in [0.05, 0.1) is 25.5 Å². The normalized spacial score (nSPS) is 17.5. The molecule has 2 fully saturated rings. The molecule has 1 aromatic carbocycles. The van der Waals surface area contributed by atoms with E-state index in [0.29, 0.717) is 16.5 Å². The van der Waals surface area contributed by atoms with Gasteiger partial charge in [-0.3, -0.25) is 4.79 Å². The van der Waals surface area contributed by atoms with Crippen LogP contribution in [0.25, 0.3) is 11.1 Å². The van der Waals surface area contributed by atoms with E-state index in [1.807, 2.05) is 37.3 Å². The van der Waals surface area contributed by atoms with E-state index < -0.39 is 5.97 Å². The Morgan fingerprint density at radius 2 is 2.03 bits per heavy atom. The van der Waals surface area contributed by atoms with Crippen LogP contribution in [-0.4, -0.2) is 52.2 Å². The molecule has 35 heavy (non-hydrogen) atoms. The van der Waals surface area contributed by atoms with Gasteiger partial charge >= 0.3 is 5.97 Å². The van der Waals surface area contributed by atoms with Crippen LogP contribution in [0.4, 0.5) is 5.00 Å². The number of rotatable bonds is 9. The molecule has 1 aliphatic heterocycles. The number of thiophene rings is 1. The van der Waals surface area contributed by atoms with Crippen molar-refractivity contribution in [2.24, 2.45) is 0 Å². The first-order chi connectivity index (χ1) is 17.0. The summed E-state index contributed by atoms with van der Waals surface area (Å²) in [7, 11) is 1.35. The molecule has 1 amide bonds. The van der Waals surface area contributed by atoms with Crippen molar-refractivity contribution in [3.05, 3.63) is 46.6 Å². The molecule has 184 valence electrons. The molecule has 5 rings (SSSR count). The Hall–Kier alpha value is -2.69. The van der Waals surface area contributed by atoms with Crippen molar-refractivity contribution < 1.29 is 19.1 Å². The molecule has 0 spiro atoms. The number of nitrogens with zero attached hydrogens (tertiary/aromatic N) is 3. The zero-order chi connectivity index (χ0) is 24.4. The fraction of sp³-hybridized carbons (Fsp3) is 0.440. The number of aryl methyl sites for hydroxylation is 1. The number of ether oxygens (including phenoxy) is 2. The number of hydrogen-bond donors (Lipinski definition) is 1. The summed E-state index contributed by atoms with van der Waals surface area (Å²) in [5, 5.41) is 13.0. The fourth-order valence-corrected chi connectivity index (χ4v) is 6.22.